The first-order valence-electron chi connectivity index (χ1n) is 5.03. The predicted octanol–water partition coefficient (Wildman–Crippen LogP) is 4.26. The lowest BCUT2D eigenvalue weighted by Gasteiger charge is -2.05. The molecule has 0 fully saturated rings. The van der Waals surface area contributed by atoms with Crippen LogP contribution in [0, 0.1) is 13.8 Å². The maximum atomic E-state index is 4.37. The fraction of sp³-hybridized carbons (Fsp3) is 0.143. The third-order valence-electron chi connectivity index (χ3n) is 2.58. The van der Waals surface area contributed by atoms with Crippen LogP contribution < -0.4 is 0 Å². The Morgan fingerprint density at radius 1 is 0.800 bits per heavy atom. The lowest BCUT2D eigenvalue weighted by molar-refractivity contribution is 1.31. The van der Waals surface area contributed by atoms with Crippen molar-refractivity contribution in [3.05, 3.63) is 53.6 Å². The molecule has 76 valence electrons. The number of thiol groups is 1. The number of aryl methyl sites for hydroxylation is 2. The Morgan fingerprint density at radius 3 is 2.00 bits per heavy atom. The molecule has 0 amide bonds. The molecule has 0 bridgehead atoms. The van der Waals surface area contributed by atoms with Gasteiger partial charge in [0.05, 0.1) is 0 Å². The van der Waals surface area contributed by atoms with Gasteiger partial charge in [-0.1, -0.05) is 42.0 Å². The van der Waals surface area contributed by atoms with Crippen molar-refractivity contribution in [2.45, 2.75) is 18.7 Å². The minimum atomic E-state index is 1.05. The van der Waals surface area contributed by atoms with E-state index in [2.05, 4.69) is 62.9 Å². The second-order valence-corrected chi connectivity index (χ2v) is 4.35. The van der Waals surface area contributed by atoms with E-state index in [0.29, 0.717) is 0 Å². The Kier molecular flexibility index (Phi) is 2.83. The van der Waals surface area contributed by atoms with E-state index in [-0.39, 0.29) is 0 Å². The molecule has 2 aromatic rings. The van der Waals surface area contributed by atoms with Crippen LogP contribution in [0.1, 0.15) is 11.1 Å². The van der Waals surface area contributed by atoms with Crippen LogP contribution in [-0.2, 0) is 0 Å². The predicted molar refractivity (Wildman–Crippen MR) is 68.6 cm³/mol. The van der Waals surface area contributed by atoms with Gasteiger partial charge in [0.2, 0.25) is 0 Å². The van der Waals surface area contributed by atoms with Gasteiger partial charge in [0.25, 0.3) is 0 Å². The van der Waals surface area contributed by atoms with Crippen molar-refractivity contribution in [2.75, 3.05) is 0 Å². The van der Waals surface area contributed by atoms with Gasteiger partial charge in [0, 0.05) is 4.90 Å². The topological polar surface area (TPSA) is 0 Å². The van der Waals surface area contributed by atoms with Crippen molar-refractivity contribution in [1.29, 1.82) is 0 Å². The van der Waals surface area contributed by atoms with Crippen LogP contribution in [0.15, 0.2) is 47.4 Å². The van der Waals surface area contributed by atoms with E-state index in [1.54, 1.807) is 0 Å². The van der Waals surface area contributed by atoms with Crippen molar-refractivity contribution in [2.24, 2.45) is 0 Å². The Labute approximate surface area is 96.4 Å². The molecule has 0 N–H and O–H groups in total. The average Bonchev–Trinajstić information content (AvgIpc) is 2.23. The first kappa shape index (κ1) is 10.3. The van der Waals surface area contributed by atoms with Gasteiger partial charge in [0.1, 0.15) is 0 Å². The molecule has 0 radical (unpaired) electrons. The third-order valence-corrected chi connectivity index (χ3v) is 3.08. The monoisotopic (exact) mass is 214 g/mol. The largest absolute Gasteiger partial charge is 0.143 e. The fourth-order valence-corrected chi connectivity index (χ4v) is 1.72. The minimum absolute atomic E-state index is 1.05. The van der Waals surface area contributed by atoms with Gasteiger partial charge in [0.15, 0.2) is 0 Å². The SMILES string of the molecule is Cc1ccc(-c2ccc(S)c(C)c2)cc1. The summed E-state index contributed by atoms with van der Waals surface area (Å²) >= 11 is 4.37. The molecular formula is C14H14S. The fourth-order valence-electron chi connectivity index (χ4n) is 1.58. The van der Waals surface area contributed by atoms with Gasteiger partial charge < -0.3 is 0 Å². The van der Waals surface area contributed by atoms with E-state index in [9.17, 15) is 0 Å². The highest BCUT2D eigenvalue weighted by Gasteiger charge is 1.99. The second kappa shape index (κ2) is 4.11. The molecule has 15 heavy (non-hydrogen) atoms. The number of hydrogen-bond donors (Lipinski definition) is 1. The molecule has 0 atom stereocenters. The maximum absolute atomic E-state index is 4.37. The number of rotatable bonds is 1. The highest BCUT2D eigenvalue weighted by Crippen LogP contribution is 2.23. The molecule has 0 saturated carbocycles. The molecule has 0 nitrogen and oxygen atoms in total. The summed E-state index contributed by atoms with van der Waals surface area (Å²) in [7, 11) is 0. The van der Waals surface area contributed by atoms with E-state index in [4.69, 9.17) is 0 Å². The average molecular weight is 214 g/mol. The molecular weight excluding hydrogens is 200 g/mol. The molecule has 0 aliphatic heterocycles. The summed E-state index contributed by atoms with van der Waals surface area (Å²) in [6, 6.07) is 14.9. The Hall–Kier alpha value is -1.21. The second-order valence-electron chi connectivity index (χ2n) is 3.87. The van der Waals surface area contributed by atoms with Crippen LogP contribution >= 0.6 is 12.6 Å². The summed E-state index contributed by atoms with van der Waals surface area (Å²) in [4.78, 5) is 1.05. The number of benzene rings is 2. The maximum Gasteiger partial charge on any atom is 0.00696 e. The molecule has 0 spiro atoms. The van der Waals surface area contributed by atoms with Crippen molar-refractivity contribution >= 4 is 12.6 Å². The van der Waals surface area contributed by atoms with Crippen LogP contribution in [-0.4, -0.2) is 0 Å². The Balaban J connectivity index is 2.45. The molecule has 2 aromatic carbocycles. The van der Waals surface area contributed by atoms with E-state index >= 15 is 0 Å². The Bertz CT molecular complexity index is 469. The van der Waals surface area contributed by atoms with E-state index in [1.165, 1.54) is 22.3 Å². The summed E-state index contributed by atoms with van der Waals surface area (Å²) in [5.41, 5.74) is 5.03. The molecule has 0 aromatic heterocycles. The zero-order chi connectivity index (χ0) is 10.8. The lowest BCUT2D eigenvalue weighted by atomic mass is 10.0. The van der Waals surface area contributed by atoms with Gasteiger partial charge in [-0.3, -0.25) is 0 Å². The van der Waals surface area contributed by atoms with Crippen molar-refractivity contribution in [3.63, 3.8) is 0 Å². The summed E-state index contributed by atoms with van der Waals surface area (Å²) in [5.74, 6) is 0. The highest BCUT2D eigenvalue weighted by molar-refractivity contribution is 7.80. The quantitative estimate of drug-likeness (QED) is 0.674. The smallest absolute Gasteiger partial charge is 0.00696 e. The van der Waals surface area contributed by atoms with Crippen LogP contribution in [0.4, 0.5) is 0 Å². The van der Waals surface area contributed by atoms with Crippen LogP contribution in [0.2, 0.25) is 0 Å². The molecule has 1 heteroatoms. The third kappa shape index (κ3) is 2.24. The molecule has 0 saturated heterocycles. The summed E-state index contributed by atoms with van der Waals surface area (Å²) in [6.45, 7) is 4.19. The van der Waals surface area contributed by atoms with Gasteiger partial charge >= 0.3 is 0 Å². The van der Waals surface area contributed by atoms with Gasteiger partial charge in [-0.15, -0.1) is 12.6 Å². The Morgan fingerprint density at radius 2 is 1.40 bits per heavy atom. The highest BCUT2D eigenvalue weighted by atomic mass is 32.1. The summed E-state index contributed by atoms with van der Waals surface area (Å²) in [6.07, 6.45) is 0. The minimum Gasteiger partial charge on any atom is -0.143 e. The molecule has 0 unspecified atom stereocenters. The molecule has 0 aliphatic carbocycles. The van der Waals surface area contributed by atoms with Crippen molar-refractivity contribution in [3.8, 4) is 11.1 Å². The number of hydrogen-bond acceptors (Lipinski definition) is 1. The standard InChI is InChI=1S/C14H14S/c1-10-3-5-12(6-4-10)13-7-8-14(15)11(2)9-13/h3-9,15H,1-2H3. The van der Waals surface area contributed by atoms with Crippen LogP contribution in [0.25, 0.3) is 11.1 Å². The molecule has 2 rings (SSSR count). The summed E-state index contributed by atoms with van der Waals surface area (Å²) in [5, 5.41) is 0. The van der Waals surface area contributed by atoms with Gasteiger partial charge in [-0.25, -0.2) is 0 Å². The zero-order valence-electron chi connectivity index (χ0n) is 8.99. The lowest BCUT2D eigenvalue weighted by Crippen LogP contribution is -1.81. The summed E-state index contributed by atoms with van der Waals surface area (Å²) < 4.78 is 0. The van der Waals surface area contributed by atoms with Crippen molar-refractivity contribution < 1.29 is 0 Å². The normalized spacial score (nSPS) is 10.3. The van der Waals surface area contributed by atoms with E-state index in [1.807, 2.05) is 6.07 Å². The first-order valence-corrected chi connectivity index (χ1v) is 5.48. The van der Waals surface area contributed by atoms with E-state index < -0.39 is 0 Å². The first-order chi connectivity index (χ1) is 7.16. The van der Waals surface area contributed by atoms with E-state index in [0.717, 1.165) is 4.90 Å². The van der Waals surface area contributed by atoms with Gasteiger partial charge in [-0.2, -0.15) is 0 Å². The van der Waals surface area contributed by atoms with Crippen LogP contribution in [0.5, 0.6) is 0 Å². The molecule has 0 heterocycles. The van der Waals surface area contributed by atoms with Crippen LogP contribution in [0.3, 0.4) is 0 Å². The van der Waals surface area contributed by atoms with Gasteiger partial charge in [-0.05, 0) is 36.6 Å². The van der Waals surface area contributed by atoms with Crippen molar-refractivity contribution in [1.82, 2.24) is 0 Å². The zero-order valence-corrected chi connectivity index (χ0v) is 9.88. The molecule has 0 aliphatic rings.